The molecule has 234 valence electrons. The molecule has 12 heteroatoms. The second-order valence-electron chi connectivity index (χ2n) is 12.1. The minimum Gasteiger partial charge on any atom is -0.508 e. The van der Waals surface area contributed by atoms with Gasteiger partial charge in [0, 0.05) is 21.5 Å². The second-order valence-corrected chi connectivity index (χ2v) is 14.2. The number of phenols is 1. The van der Waals surface area contributed by atoms with Crippen molar-refractivity contribution in [3.63, 3.8) is 0 Å². The molecular formula is C34H24BrCl2FN2O6. The van der Waals surface area contributed by atoms with Crippen LogP contribution < -0.4 is 9.80 Å². The standard InChI is InChI=1S/C34H24BrCl2FN2O6/c1-16(41)17-2-7-20(8-3-17)39-29(43)23-12-11-22-25(27(23)30(39)44)15-33(36)31(45)40(21-9-5-19(38)6-10-21)32(46)34(33,37)28(22)24-14-18(35)4-13-26(24)42/h2-11,13-14,23,25,27-28,42H,12,15H2,1H3/t23-,25+,27-,28+,33+,34-/m0/s1. The zero-order valence-corrected chi connectivity index (χ0v) is 27.1. The molecule has 8 nitrogen and oxygen atoms in total. The minimum atomic E-state index is -2.17. The van der Waals surface area contributed by atoms with E-state index in [1.807, 2.05) is 0 Å². The first-order chi connectivity index (χ1) is 21.8. The van der Waals surface area contributed by atoms with Gasteiger partial charge in [0.05, 0.1) is 23.2 Å². The minimum absolute atomic E-state index is 0.0604. The molecule has 0 bridgehead atoms. The molecule has 2 saturated heterocycles. The van der Waals surface area contributed by atoms with E-state index in [2.05, 4.69) is 15.9 Å². The van der Waals surface area contributed by atoms with E-state index < -0.39 is 62.9 Å². The van der Waals surface area contributed by atoms with Gasteiger partial charge >= 0.3 is 0 Å². The number of nitrogens with zero attached hydrogens (tertiary/aromatic N) is 2. The molecule has 7 rings (SSSR count). The van der Waals surface area contributed by atoms with E-state index in [1.54, 1.807) is 30.3 Å². The van der Waals surface area contributed by atoms with Gasteiger partial charge in [-0.15, -0.1) is 23.2 Å². The highest BCUT2D eigenvalue weighted by molar-refractivity contribution is 9.10. The van der Waals surface area contributed by atoms with Crippen LogP contribution in [0.3, 0.4) is 0 Å². The lowest BCUT2D eigenvalue weighted by Crippen LogP contribution is -2.60. The molecule has 3 aromatic rings. The fourth-order valence-corrected chi connectivity index (χ4v) is 8.91. The predicted octanol–water partition coefficient (Wildman–Crippen LogP) is 6.26. The molecule has 2 aliphatic carbocycles. The number of benzene rings is 3. The lowest BCUT2D eigenvalue weighted by Gasteiger charge is -2.50. The largest absolute Gasteiger partial charge is 0.508 e. The number of carbonyl (C=O) groups excluding carboxylic acids is 5. The first-order valence-corrected chi connectivity index (χ1v) is 16.0. The van der Waals surface area contributed by atoms with Gasteiger partial charge in [-0.3, -0.25) is 28.9 Å². The Morgan fingerprint density at radius 1 is 0.891 bits per heavy atom. The quantitative estimate of drug-likeness (QED) is 0.147. The van der Waals surface area contributed by atoms with Gasteiger partial charge in [0.2, 0.25) is 11.8 Å². The monoisotopic (exact) mass is 724 g/mol. The van der Waals surface area contributed by atoms with Crippen LogP contribution in [0.5, 0.6) is 5.75 Å². The lowest BCUT2D eigenvalue weighted by molar-refractivity contribution is -0.125. The first-order valence-electron chi connectivity index (χ1n) is 14.5. The van der Waals surface area contributed by atoms with Gasteiger partial charge in [-0.25, -0.2) is 9.29 Å². The number of anilines is 2. The number of hydrogen-bond acceptors (Lipinski definition) is 6. The smallest absolute Gasteiger partial charge is 0.258 e. The number of Topliss-reactive ketones (excluding diaryl/α,β-unsaturated/α-hetero) is 1. The summed E-state index contributed by atoms with van der Waals surface area (Å²) in [6.45, 7) is 1.41. The molecule has 4 amide bonds. The molecule has 3 fully saturated rings. The second kappa shape index (κ2) is 10.6. The molecule has 6 atom stereocenters. The Hall–Kier alpha value is -3.86. The van der Waals surface area contributed by atoms with Crippen molar-refractivity contribution in [2.45, 2.75) is 35.4 Å². The number of rotatable bonds is 4. The fourth-order valence-electron chi connectivity index (χ4n) is 7.60. The van der Waals surface area contributed by atoms with E-state index in [9.17, 15) is 33.5 Å². The van der Waals surface area contributed by atoms with Crippen LogP contribution in [0.4, 0.5) is 15.8 Å². The molecule has 0 unspecified atom stereocenters. The Morgan fingerprint density at radius 3 is 2.17 bits per heavy atom. The summed E-state index contributed by atoms with van der Waals surface area (Å²) in [7, 11) is 0. The van der Waals surface area contributed by atoms with Crippen LogP contribution in [0, 0.1) is 23.6 Å². The predicted molar refractivity (Wildman–Crippen MR) is 171 cm³/mol. The summed E-state index contributed by atoms with van der Waals surface area (Å²) < 4.78 is 14.4. The van der Waals surface area contributed by atoms with Gasteiger partial charge in [0.15, 0.2) is 15.5 Å². The van der Waals surface area contributed by atoms with E-state index in [4.69, 9.17) is 23.2 Å². The zero-order valence-electron chi connectivity index (χ0n) is 24.0. The van der Waals surface area contributed by atoms with Crippen LogP contribution in [0.15, 0.2) is 82.9 Å². The van der Waals surface area contributed by atoms with Crippen LogP contribution in [-0.4, -0.2) is 44.3 Å². The highest BCUT2D eigenvalue weighted by Crippen LogP contribution is 2.66. The van der Waals surface area contributed by atoms with Crippen LogP contribution in [0.1, 0.15) is 41.6 Å². The number of fused-ring (bicyclic) bond motifs is 4. The Morgan fingerprint density at radius 2 is 1.52 bits per heavy atom. The first kappa shape index (κ1) is 30.8. The van der Waals surface area contributed by atoms with E-state index >= 15 is 0 Å². The summed E-state index contributed by atoms with van der Waals surface area (Å²) in [4.78, 5) is 66.1. The van der Waals surface area contributed by atoms with Gasteiger partial charge in [0.1, 0.15) is 11.6 Å². The number of carbonyl (C=O) groups is 5. The topological polar surface area (TPSA) is 112 Å². The number of halogens is 4. The maximum Gasteiger partial charge on any atom is 0.258 e. The van der Waals surface area contributed by atoms with Crippen molar-refractivity contribution in [3.8, 4) is 5.75 Å². The van der Waals surface area contributed by atoms with Crippen molar-refractivity contribution >= 4 is 79.9 Å². The van der Waals surface area contributed by atoms with Gasteiger partial charge in [-0.1, -0.05) is 27.6 Å². The molecule has 1 saturated carbocycles. The van der Waals surface area contributed by atoms with Crippen LogP contribution in [-0.2, 0) is 19.2 Å². The number of hydrogen-bond donors (Lipinski definition) is 1. The Labute approximate surface area is 280 Å². The summed E-state index contributed by atoms with van der Waals surface area (Å²) in [6, 6.07) is 15.5. The number of alkyl halides is 2. The third-order valence-corrected chi connectivity index (χ3v) is 11.6. The van der Waals surface area contributed by atoms with Gasteiger partial charge in [-0.05, 0) is 92.4 Å². The van der Waals surface area contributed by atoms with Crippen LogP contribution in [0.2, 0.25) is 0 Å². The molecule has 0 aromatic heterocycles. The van der Waals surface area contributed by atoms with Crippen molar-refractivity contribution in [2.75, 3.05) is 9.80 Å². The number of allylic oxidation sites excluding steroid dienone is 2. The van der Waals surface area contributed by atoms with Gasteiger partial charge < -0.3 is 5.11 Å². The normalized spacial score (nSPS) is 30.2. The summed E-state index contributed by atoms with van der Waals surface area (Å²) in [5, 5.41) is 11.1. The van der Waals surface area contributed by atoms with Crippen molar-refractivity contribution < 1.29 is 33.5 Å². The van der Waals surface area contributed by atoms with Crippen molar-refractivity contribution in [3.05, 3.63) is 99.8 Å². The van der Waals surface area contributed by atoms with Crippen LogP contribution in [0.25, 0.3) is 0 Å². The highest BCUT2D eigenvalue weighted by atomic mass is 79.9. The Balaban J connectivity index is 1.38. The van der Waals surface area contributed by atoms with E-state index in [0.717, 1.165) is 21.9 Å². The maximum absolute atomic E-state index is 14.4. The van der Waals surface area contributed by atoms with Crippen LogP contribution >= 0.6 is 39.1 Å². The van der Waals surface area contributed by atoms with E-state index in [-0.39, 0.29) is 35.6 Å². The van der Waals surface area contributed by atoms with Crippen molar-refractivity contribution in [2.24, 2.45) is 17.8 Å². The molecule has 2 aliphatic heterocycles. The molecule has 46 heavy (non-hydrogen) atoms. The third kappa shape index (κ3) is 4.12. The Kier molecular flexibility index (Phi) is 7.08. The molecule has 4 aliphatic rings. The molecule has 2 heterocycles. The number of amides is 4. The summed E-state index contributed by atoms with van der Waals surface area (Å²) in [5.74, 6) is -7.33. The van der Waals surface area contributed by atoms with Gasteiger partial charge in [0.25, 0.3) is 11.8 Å². The van der Waals surface area contributed by atoms with Crippen molar-refractivity contribution in [1.82, 2.24) is 0 Å². The zero-order chi connectivity index (χ0) is 32.9. The summed E-state index contributed by atoms with van der Waals surface area (Å²) in [6.07, 6.45) is 1.65. The molecule has 0 radical (unpaired) electrons. The molecule has 3 aromatic carbocycles. The molecular weight excluding hydrogens is 702 g/mol. The number of aromatic hydroxyl groups is 1. The number of imide groups is 2. The summed E-state index contributed by atoms with van der Waals surface area (Å²) in [5.41, 5.74) is 1.50. The van der Waals surface area contributed by atoms with E-state index in [1.165, 1.54) is 37.3 Å². The molecule has 0 spiro atoms. The lowest BCUT2D eigenvalue weighted by atomic mass is 9.56. The molecule has 1 N–H and O–H groups in total. The van der Waals surface area contributed by atoms with Gasteiger partial charge in [-0.2, -0.15) is 0 Å². The third-order valence-electron chi connectivity index (χ3n) is 9.73. The highest BCUT2D eigenvalue weighted by Gasteiger charge is 2.77. The maximum atomic E-state index is 14.4. The van der Waals surface area contributed by atoms with E-state index in [0.29, 0.717) is 21.3 Å². The average molecular weight is 726 g/mol. The number of phenolic OH excluding ortho intramolecular Hbond substituents is 1. The van der Waals surface area contributed by atoms with Crippen molar-refractivity contribution in [1.29, 1.82) is 0 Å². The SMILES string of the molecule is CC(=O)c1ccc(N2C(=O)[C@H]3[C@H](CC=C4[C@H]3C[C@@]3(Cl)C(=O)N(c5ccc(F)cc5)C(=O)[C@@]3(Cl)[C@H]4c3cc(Br)ccc3O)C2=O)cc1. The number of ketones is 1. The Bertz CT molecular complexity index is 1920. The fraction of sp³-hybridized carbons (Fsp3) is 0.265. The summed E-state index contributed by atoms with van der Waals surface area (Å²) >= 11 is 18.1. The average Bonchev–Trinajstić information content (AvgIpc) is 3.37.